The van der Waals surface area contributed by atoms with Crippen molar-refractivity contribution in [2.75, 3.05) is 19.0 Å². The maximum atomic E-state index is 15.4. The Morgan fingerprint density at radius 2 is 1.97 bits per heavy atom. The molecule has 0 fully saturated rings. The van der Waals surface area contributed by atoms with Crippen LogP contribution in [0, 0.1) is 11.8 Å². The fourth-order valence-corrected chi connectivity index (χ4v) is 4.58. The van der Waals surface area contributed by atoms with Crippen LogP contribution in [0.4, 0.5) is 14.5 Å². The van der Waals surface area contributed by atoms with Crippen LogP contribution in [-0.4, -0.2) is 45.6 Å². The van der Waals surface area contributed by atoms with Crippen molar-refractivity contribution in [1.82, 2.24) is 19.9 Å². The minimum absolute atomic E-state index is 0.0691. The lowest BCUT2D eigenvalue weighted by Crippen LogP contribution is -2.39. The number of aliphatic imine (C=N–C) groups is 1. The lowest BCUT2D eigenvalue weighted by molar-refractivity contribution is 0.102. The minimum Gasteiger partial charge on any atom is -0.480 e. The first-order valence-corrected chi connectivity index (χ1v) is 11.7. The van der Waals surface area contributed by atoms with E-state index in [4.69, 9.17) is 19.9 Å². The average molecular weight is 531 g/mol. The van der Waals surface area contributed by atoms with Crippen LogP contribution in [-0.2, 0) is 10.3 Å². The van der Waals surface area contributed by atoms with Gasteiger partial charge in [0.1, 0.15) is 22.8 Å². The molecule has 0 saturated heterocycles. The van der Waals surface area contributed by atoms with E-state index in [0.717, 1.165) is 6.20 Å². The van der Waals surface area contributed by atoms with Crippen molar-refractivity contribution >= 4 is 17.6 Å². The van der Waals surface area contributed by atoms with Crippen LogP contribution in [0.3, 0.4) is 0 Å². The summed E-state index contributed by atoms with van der Waals surface area (Å²) in [7, 11) is 1.44. The number of benzene rings is 1. The van der Waals surface area contributed by atoms with Crippen LogP contribution in [0.5, 0.6) is 17.4 Å². The average Bonchev–Trinajstić information content (AvgIpc) is 2.94. The molecule has 1 aromatic carbocycles. The van der Waals surface area contributed by atoms with Gasteiger partial charge in [-0.25, -0.2) is 24.3 Å². The van der Waals surface area contributed by atoms with E-state index in [1.165, 1.54) is 31.8 Å². The molecule has 1 spiro atoms. The molecule has 6 rings (SSSR count). The van der Waals surface area contributed by atoms with E-state index >= 15 is 4.39 Å². The molecule has 5 heterocycles. The predicted molar refractivity (Wildman–Crippen MR) is 133 cm³/mol. The third-order valence-corrected chi connectivity index (χ3v) is 6.36. The Bertz CT molecular complexity index is 1650. The predicted octanol–water partition coefficient (Wildman–Crippen LogP) is 3.56. The molecule has 3 aromatic heterocycles. The lowest BCUT2D eigenvalue weighted by atomic mass is 9.77. The lowest BCUT2D eigenvalue weighted by Gasteiger charge is -2.39. The summed E-state index contributed by atoms with van der Waals surface area (Å²) in [5.74, 6) is -1.60. The summed E-state index contributed by atoms with van der Waals surface area (Å²) in [6.45, 7) is 0.174. The topological polar surface area (TPSA) is 147 Å². The number of nitrogens with zero attached hydrogens (tertiary/aromatic N) is 5. The number of ether oxygens (including phenoxy) is 3. The zero-order chi connectivity index (χ0) is 27.1. The smallest absolute Gasteiger partial charge is 0.283 e. The number of amides is 1. The van der Waals surface area contributed by atoms with E-state index in [-0.39, 0.29) is 47.6 Å². The maximum Gasteiger partial charge on any atom is 0.283 e. The van der Waals surface area contributed by atoms with Gasteiger partial charge in [-0.2, -0.15) is 4.39 Å². The largest absolute Gasteiger partial charge is 0.480 e. The Morgan fingerprint density at radius 3 is 2.72 bits per heavy atom. The Labute approximate surface area is 219 Å². The molecular formula is C26H19F2N7O4. The second-order valence-corrected chi connectivity index (χ2v) is 8.69. The summed E-state index contributed by atoms with van der Waals surface area (Å²) in [6, 6.07) is 7.50. The normalized spacial score (nSPS) is 17.3. The number of nitrogens with one attached hydrogen (secondary N) is 1. The van der Waals surface area contributed by atoms with Gasteiger partial charge >= 0.3 is 0 Å². The molecule has 1 unspecified atom stereocenters. The first kappa shape index (κ1) is 24.2. The van der Waals surface area contributed by atoms with Gasteiger partial charge in [-0.05, 0) is 30.3 Å². The Hall–Kier alpha value is -5.20. The molecule has 1 amide bonds. The number of rotatable bonds is 4. The molecule has 196 valence electrons. The summed E-state index contributed by atoms with van der Waals surface area (Å²) < 4.78 is 45.6. The molecule has 2 aliphatic rings. The zero-order valence-electron chi connectivity index (χ0n) is 20.3. The van der Waals surface area contributed by atoms with Crippen molar-refractivity contribution < 1.29 is 27.8 Å². The number of halogens is 2. The number of hydrogen-bond donors (Lipinski definition) is 2. The summed E-state index contributed by atoms with van der Waals surface area (Å²) in [4.78, 5) is 33.3. The number of pyridine rings is 2. The van der Waals surface area contributed by atoms with Crippen LogP contribution in [0.25, 0.3) is 11.3 Å². The molecule has 39 heavy (non-hydrogen) atoms. The van der Waals surface area contributed by atoms with Gasteiger partial charge in [0.05, 0.1) is 38.0 Å². The number of aromatic nitrogens is 4. The highest BCUT2D eigenvalue weighted by Crippen LogP contribution is 2.53. The fraction of sp³-hybridized carbons (Fsp3) is 0.154. The Kier molecular flexibility index (Phi) is 5.74. The molecule has 3 N–H and O–H groups in total. The monoisotopic (exact) mass is 531 g/mol. The number of anilines is 1. The van der Waals surface area contributed by atoms with Crippen LogP contribution < -0.4 is 20.5 Å². The highest BCUT2D eigenvalue weighted by molar-refractivity contribution is 6.02. The molecule has 0 bridgehead atoms. The van der Waals surface area contributed by atoms with Gasteiger partial charge < -0.3 is 25.3 Å². The van der Waals surface area contributed by atoms with Crippen LogP contribution in [0.15, 0.2) is 60.1 Å². The molecule has 0 saturated carbocycles. The summed E-state index contributed by atoms with van der Waals surface area (Å²) >= 11 is 0. The molecule has 0 radical (unpaired) electrons. The van der Waals surface area contributed by atoms with Gasteiger partial charge in [-0.3, -0.25) is 9.78 Å². The third kappa shape index (κ3) is 4.23. The standard InChI is InChI=1S/C26H19F2N7O4/c1-37-21-12-31-19(11-32-21)24(36)33-15-2-3-20-16(7-15)26(4-5-38-25(29)35-26)17-8-18(34-23(28)22(17)39-20)13-6-14(27)10-30-9-13/h2-3,6-12H,4-5H2,1H3,(H2,29,35)(H,33,36). The zero-order valence-corrected chi connectivity index (χ0v) is 20.3. The highest BCUT2D eigenvalue weighted by Gasteiger charge is 2.46. The van der Waals surface area contributed by atoms with Crippen molar-refractivity contribution in [3.05, 3.63) is 83.7 Å². The van der Waals surface area contributed by atoms with Crippen LogP contribution in [0.2, 0.25) is 0 Å². The first-order valence-electron chi connectivity index (χ1n) is 11.7. The summed E-state index contributed by atoms with van der Waals surface area (Å²) in [5, 5.41) is 2.77. The van der Waals surface area contributed by atoms with Gasteiger partial charge in [0, 0.05) is 35.0 Å². The van der Waals surface area contributed by atoms with Crippen molar-refractivity contribution in [1.29, 1.82) is 0 Å². The van der Waals surface area contributed by atoms with E-state index in [0.29, 0.717) is 22.6 Å². The van der Waals surface area contributed by atoms with E-state index in [9.17, 15) is 9.18 Å². The first-order chi connectivity index (χ1) is 18.9. The van der Waals surface area contributed by atoms with E-state index < -0.39 is 23.2 Å². The van der Waals surface area contributed by atoms with Crippen molar-refractivity contribution in [3.63, 3.8) is 0 Å². The SMILES string of the molecule is COc1cnc(C(=O)Nc2ccc3c(c2)C2(CCOC(N)=N2)c2cc(-c4cncc(F)c4)nc(F)c2O3)cn1. The summed E-state index contributed by atoms with van der Waals surface area (Å²) in [5.41, 5.74) is 6.45. The van der Waals surface area contributed by atoms with Crippen molar-refractivity contribution in [2.24, 2.45) is 10.7 Å². The van der Waals surface area contributed by atoms with E-state index in [2.05, 4.69) is 30.2 Å². The Balaban J connectivity index is 1.45. The summed E-state index contributed by atoms with van der Waals surface area (Å²) in [6.07, 6.45) is 5.29. The molecule has 11 nitrogen and oxygen atoms in total. The van der Waals surface area contributed by atoms with Gasteiger partial charge in [-0.15, -0.1) is 0 Å². The number of nitrogens with two attached hydrogens (primary N) is 1. The van der Waals surface area contributed by atoms with Gasteiger partial charge in [0.25, 0.3) is 17.9 Å². The van der Waals surface area contributed by atoms with Crippen LogP contribution >= 0.6 is 0 Å². The van der Waals surface area contributed by atoms with Gasteiger partial charge in [0.2, 0.25) is 5.88 Å². The van der Waals surface area contributed by atoms with Crippen LogP contribution in [0.1, 0.15) is 28.0 Å². The maximum absolute atomic E-state index is 15.4. The highest BCUT2D eigenvalue weighted by atomic mass is 19.1. The number of carbonyl (C=O) groups excluding carboxylic acids is 1. The molecule has 1 atom stereocenters. The number of amidine groups is 1. The molecule has 0 aliphatic carbocycles. The molecular weight excluding hydrogens is 512 g/mol. The second kappa shape index (κ2) is 9.28. The van der Waals surface area contributed by atoms with Crippen molar-refractivity contribution in [2.45, 2.75) is 12.0 Å². The molecule has 13 heteroatoms. The second-order valence-electron chi connectivity index (χ2n) is 8.69. The number of fused-ring (bicyclic) bond motifs is 4. The fourth-order valence-electron chi connectivity index (χ4n) is 4.58. The third-order valence-electron chi connectivity index (χ3n) is 6.36. The van der Waals surface area contributed by atoms with E-state index in [1.807, 2.05) is 0 Å². The number of hydrogen-bond acceptors (Lipinski definition) is 10. The van der Waals surface area contributed by atoms with Crippen molar-refractivity contribution in [3.8, 4) is 28.6 Å². The number of methoxy groups -OCH3 is 1. The quantitative estimate of drug-likeness (QED) is 0.377. The Morgan fingerprint density at radius 1 is 1.10 bits per heavy atom. The number of carbonyl (C=O) groups is 1. The van der Waals surface area contributed by atoms with Gasteiger partial charge in [-0.1, -0.05) is 0 Å². The molecule has 4 aromatic rings. The minimum atomic E-state index is -1.24. The van der Waals surface area contributed by atoms with E-state index in [1.54, 1.807) is 24.3 Å². The van der Waals surface area contributed by atoms with Gasteiger partial charge in [0.15, 0.2) is 5.75 Å². The molecule has 2 aliphatic heterocycles.